The third-order valence-corrected chi connectivity index (χ3v) is 5.58. The standard InChI is InChI=1S/C15H23FN2O3S/c1-12(6-7-14-4-3-5-15(16)10-14)17-22(19,20)18-8-9-21-11-13(18)2/h3-5,10,12-13,17H,6-9,11H2,1-2H3. The van der Waals surface area contributed by atoms with Crippen LogP contribution in [0.5, 0.6) is 0 Å². The van der Waals surface area contributed by atoms with Crippen LogP contribution in [0.15, 0.2) is 24.3 Å². The molecule has 0 aliphatic carbocycles. The van der Waals surface area contributed by atoms with E-state index >= 15 is 0 Å². The van der Waals surface area contributed by atoms with E-state index in [9.17, 15) is 12.8 Å². The number of hydrogen-bond donors (Lipinski definition) is 1. The lowest BCUT2D eigenvalue weighted by atomic mass is 10.1. The van der Waals surface area contributed by atoms with Crippen molar-refractivity contribution in [2.24, 2.45) is 0 Å². The van der Waals surface area contributed by atoms with Gasteiger partial charge in [0.15, 0.2) is 0 Å². The number of nitrogens with one attached hydrogen (secondary N) is 1. The number of morpholine rings is 1. The van der Waals surface area contributed by atoms with Crippen molar-refractivity contribution >= 4 is 10.2 Å². The van der Waals surface area contributed by atoms with Crippen LogP contribution in [-0.4, -0.2) is 44.6 Å². The minimum atomic E-state index is -3.52. The maximum absolute atomic E-state index is 13.1. The van der Waals surface area contributed by atoms with Crippen molar-refractivity contribution in [1.82, 2.24) is 9.03 Å². The van der Waals surface area contributed by atoms with Crippen LogP contribution in [0.2, 0.25) is 0 Å². The average molecular weight is 330 g/mol. The number of hydrogen-bond acceptors (Lipinski definition) is 3. The lowest BCUT2D eigenvalue weighted by Crippen LogP contribution is -2.53. The van der Waals surface area contributed by atoms with Gasteiger partial charge in [0.2, 0.25) is 0 Å². The summed E-state index contributed by atoms with van der Waals surface area (Å²) >= 11 is 0. The maximum atomic E-state index is 13.1. The van der Waals surface area contributed by atoms with Gasteiger partial charge in [-0.05, 0) is 44.4 Å². The monoisotopic (exact) mass is 330 g/mol. The molecule has 1 saturated heterocycles. The summed E-state index contributed by atoms with van der Waals surface area (Å²) in [5.74, 6) is -0.270. The van der Waals surface area contributed by atoms with Crippen LogP contribution in [0.4, 0.5) is 4.39 Å². The van der Waals surface area contributed by atoms with Gasteiger partial charge in [-0.15, -0.1) is 0 Å². The summed E-state index contributed by atoms with van der Waals surface area (Å²) in [6, 6.07) is 5.99. The molecule has 2 atom stereocenters. The molecule has 1 aromatic rings. The topological polar surface area (TPSA) is 58.6 Å². The Kier molecular flexibility index (Phi) is 5.91. The number of aryl methyl sites for hydroxylation is 1. The average Bonchev–Trinajstić information content (AvgIpc) is 2.45. The summed E-state index contributed by atoms with van der Waals surface area (Å²) in [7, 11) is -3.52. The first kappa shape index (κ1) is 17.3. The van der Waals surface area contributed by atoms with Crippen molar-refractivity contribution in [3.8, 4) is 0 Å². The van der Waals surface area contributed by atoms with E-state index < -0.39 is 10.2 Å². The zero-order valence-corrected chi connectivity index (χ0v) is 13.8. The number of ether oxygens (including phenoxy) is 1. The molecule has 2 unspecified atom stereocenters. The SMILES string of the molecule is CC(CCc1cccc(F)c1)NS(=O)(=O)N1CCOCC1C. The molecule has 22 heavy (non-hydrogen) atoms. The Morgan fingerprint density at radius 1 is 1.50 bits per heavy atom. The van der Waals surface area contributed by atoms with E-state index in [1.807, 2.05) is 19.9 Å². The zero-order valence-electron chi connectivity index (χ0n) is 13.0. The zero-order chi connectivity index (χ0) is 16.2. The molecule has 1 fully saturated rings. The van der Waals surface area contributed by atoms with E-state index in [1.165, 1.54) is 16.4 Å². The molecule has 1 aromatic carbocycles. The van der Waals surface area contributed by atoms with Crippen molar-refractivity contribution < 1.29 is 17.5 Å². The molecule has 0 amide bonds. The second kappa shape index (κ2) is 7.50. The molecule has 124 valence electrons. The predicted molar refractivity (Wildman–Crippen MR) is 83.2 cm³/mol. The van der Waals surface area contributed by atoms with E-state index in [0.29, 0.717) is 32.6 Å². The molecule has 7 heteroatoms. The fourth-order valence-corrected chi connectivity index (χ4v) is 4.14. The van der Waals surface area contributed by atoms with E-state index in [0.717, 1.165) is 5.56 Å². The van der Waals surface area contributed by atoms with Crippen molar-refractivity contribution in [1.29, 1.82) is 0 Å². The minimum Gasteiger partial charge on any atom is -0.378 e. The van der Waals surface area contributed by atoms with Gasteiger partial charge in [-0.1, -0.05) is 12.1 Å². The summed E-state index contributed by atoms with van der Waals surface area (Å²) in [5, 5.41) is 0. The Morgan fingerprint density at radius 2 is 2.27 bits per heavy atom. The second-order valence-corrected chi connectivity index (χ2v) is 7.38. The van der Waals surface area contributed by atoms with Gasteiger partial charge in [0.25, 0.3) is 10.2 Å². The normalized spacial score (nSPS) is 21.7. The maximum Gasteiger partial charge on any atom is 0.280 e. The molecule has 0 aromatic heterocycles. The van der Waals surface area contributed by atoms with E-state index in [4.69, 9.17) is 4.74 Å². The highest BCUT2D eigenvalue weighted by Gasteiger charge is 2.30. The molecule has 1 aliphatic rings. The van der Waals surface area contributed by atoms with Gasteiger partial charge < -0.3 is 4.74 Å². The quantitative estimate of drug-likeness (QED) is 0.864. The summed E-state index contributed by atoms with van der Waals surface area (Å²) in [5.41, 5.74) is 0.866. The Balaban J connectivity index is 1.89. The first-order chi connectivity index (χ1) is 10.4. The Morgan fingerprint density at radius 3 is 2.95 bits per heavy atom. The Labute approximate surface area is 131 Å². The van der Waals surface area contributed by atoms with Crippen LogP contribution in [0.25, 0.3) is 0 Å². The van der Waals surface area contributed by atoms with Gasteiger partial charge in [-0.25, -0.2) is 4.39 Å². The van der Waals surface area contributed by atoms with Gasteiger partial charge in [0.1, 0.15) is 5.82 Å². The molecule has 0 bridgehead atoms. The van der Waals surface area contributed by atoms with E-state index in [-0.39, 0.29) is 17.9 Å². The van der Waals surface area contributed by atoms with Crippen LogP contribution in [-0.2, 0) is 21.4 Å². The molecular weight excluding hydrogens is 307 g/mol. The Bertz CT molecular complexity index is 594. The highest BCUT2D eigenvalue weighted by Crippen LogP contribution is 2.13. The molecule has 0 radical (unpaired) electrons. The van der Waals surface area contributed by atoms with Crippen molar-refractivity contribution in [3.05, 3.63) is 35.6 Å². The lowest BCUT2D eigenvalue weighted by molar-refractivity contribution is 0.0385. The van der Waals surface area contributed by atoms with Crippen molar-refractivity contribution in [2.45, 2.75) is 38.8 Å². The van der Waals surface area contributed by atoms with Crippen molar-refractivity contribution in [3.63, 3.8) is 0 Å². The number of nitrogens with zero attached hydrogens (tertiary/aromatic N) is 1. The molecule has 1 N–H and O–H groups in total. The molecular formula is C15H23FN2O3S. The number of rotatable bonds is 6. The summed E-state index contributed by atoms with van der Waals surface area (Å²) in [6.45, 7) is 4.85. The van der Waals surface area contributed by atoms with Gasteiger partial charge in [0, 0.05) is 18.6 Å². The molecule has 5 nitrogen and oxygen atoms in total. The van der Waals surface area contributed by atoms with Gasteiger partial charge in [-0.3, -0.25) is 0 Å². The van der Waals surface area contributed by atoms with Gasteiger partial charge >= 0.3 is 0 Å². The molecule has 0 saturated carbocycles. The summed E-state index contributed by atoms with van der Waals surface area (Å²) in [4.78, 5) is 0. The highest BCUT2D eigenvalue weighted by molar-refractivity contribution is 7.87. The molecule has 1 aliphatic heterocycles. The van der Waals surface area contributed by atoms with Crippen LogP contribution >= 0.6 is 0 Å². The van der Waals surface area contributed by atoms with Crippen LogP contribution in [0, 0.1) is 5.82 Å². The molecule has 1 heterocycles. The summed E-state index contributed by atoms with van der Waals surface area (Å²) < 4.78 is 47.2. The van der Waals surface area contributed by atoms with E-state index in [2.05, 4.69) is 4.72 Å². The molecule has 2 rings (SSSR count). The Hall–Kier alpha value is -1.02. The number of halogens is 1. The van der Waals surface area contributed by atoms with Crippen LogP contribution < -0.4 is 4.72 Å². The van der Waals surface area contributed by atoms with Gasteiger partial charge in [-0.2, -0.15) is 17.4 Å². The van der Waals surface area contributed by atoms with Crippen LogP contribution in [0.3, 0.4) is 0 Å². The largest absolute Gasteiger partial charge is 0.378 e. The second-order valence-electron chi connectivity index (χ2n) is 5.73. The van der Waals surface area contributed by atoms with Crippen molar-refractivity contribution in [2.75, 3.05) is 19.8 Å². The minimum absolute atomic E-state index is 0.165. The highest BCUT2D eigenvalue weighted by atomic mass is 32.2. The third-order valence-electron chi connectivity index (χ3n) is 3.72. The lowest BCUT2D eigenvalue weighted by Gasteiger charge is -2.33. The first-order valence-electron chi connectivity index (χ1n) is 7.50. The van der Waals surface area contributed by atoms with E-state index in [1.54, 1.807) is 6.07 Å². The fraction of sp³-hybridized carbons (Fsp3) is 0.600. The van der Waals surface area contributed by atoms with Crippen LogP contribution in [0.1, 0.15) is 25.8 Å². The predicted octanol–water partition coefficient (Wildman–Crippen LogP) is 1.70. The smallest absolute Gasteiger partial charge is 0.280 e. The molecule has 0 spiro atoms. The number of benzene rings is 1. The first-order valence-corrected chi connectivity index (χ1v) is 8.94. The third kappa shape index (κ3) is 4.74. The fourth-order valence-electron chi connectivity index (χ4n) is 2.53. The van der Waals surface area contributed by atoms with Gasteiger partial charge in [0.05, 0.1) is 13.2 Å². The summed E-state index contributed by atoms with van der Waals surface area (Å²) in [6.07, 6.45) is 1.24.